The second-order valence-corrected chi connectivity index (χ2v) is 5.13. The predicted octanol–water partition coefficient (Wildman–Crippen LogP) is 1.69. The second kappa shape index (κ2) is 6.39. The van der Waals surface area contributed by atoms with Gasteiger partial charge in [0.15, 0.2) is 0 Å². The highest BCUT2D eigenvalue weighted by atomic mass is 32.1. The van der Waals surface area contributed by atoms with Crippen molar-refractivity contribution in [3.8, 4) is 0 Å². The quantitative estimate of drug-likeness (QED) is 0.870. The van der Waals surface area contributed by atoms with Gasteiger partial charge in [-0.25, -0.2) is 0 Å². The molecule has 0 bridgehead atoms. The summed E-state index contributed by atoms with van der Waals surface area (Å²) in [4.78, 5) is 0. The maximum absolute atomic E-state index is 5.60. The monoisotopic (exact) mass is 257 g/mol. The van der Waals surface area contributed by atoms with Gasteiger partial charge in [0.05, 0.1) is 25.9 Å². The standard InChI is InChI=1S/C11H19N3O2S/c1-3-4-12-8(2)10-13-14-11(17-10)9-7-15-5-6-16-9/h8-9,12H,3-7H2,1-2H3. The lowest BCUT2D eigenvalue weighted by molar-refractivity contribution is -0.0903. The Hall–Kier alpha value is -0.560. The molecule has 96 valence electrons. The van der Waals surface area contributed by atoms with Crippen molar-refractivity contribution in [1.29, 1.82) is 0 Å². The molecular formula is C11H19N3O2S. The lowest BCUT2D eigenvalue weighted by atomic mass is 10.3. The van der Waals surface area contributed by atoms with Gasteiger partial charge in [-0.15, -0.1) is 10.2 Å². The fourth-order valence-corrected chi connectivity index (χ4v) is 2.54. The molecule has 1 aromatic rings. The molecule has 0 radical (unpaired) electrons. The average Bonchev–Trinajstić information content (AvgIpc) is 2.86. The molecule has 0 aliphatic carbocycles. The Bertz CT molecular complexity index is 339. The minimum absolute atomic E-state index is 0.0339. The molecule has 1 aliphatic heterocycles. The minimum Gasteiger partial charge on any atom is -0.376 e. The Balaban J connectivity index is 1.94. The van der Waals surface area contributed by atoms with E-state index in [-0.39, 0.29) is 12.1 Å². The number of nitrogens with zero attached hydrogens (tertiary/aromatic N) is 2. The van der Waals surface area contributed by atoms with E-state index < -0.39 is 0 Å². The largest absolute Gasteiger partial charge is 0.376 e. The summed E-state index contributed by atoms with van der Waals surface area (Å²) in [5.74, 6) is 0. The summed E-state index contributed by atoms with van der Waals surface area (Å²) in [6.07, 6.45) is 1.09. The summed E-state index contributed by atoms with van der Waals surface area (Å²) in [7, 11) is 0. The molecule has 1 N–H and O–H groups in total. The predicted molar refractivity (Wildman–Crippen MR) is 66.1 cm³/mol. The van der Waals surface area contributed by atoms with Crippen molar-refractivity contribution in [3.05, 3.63) is 10.0 Å². The van der Waals surface area contributed by atoms with Gasteiger partial charge in [-0.2, -0.15) is 0 Å². The molecule has 1 aliphatic rings. The van der Waals surface area contributed by atoms with Crippen LogP contribution >= 0.6 is 11.3 Å². The average molecular weight is 257 g/mol. The Labute approximate surface area is 106 Å². The van der Waals surface area contributed by atoms with Crippen LogP contribution < -0.4 is 5.32 Å². The van der Waals surface area contributed by atoms with Crippen molar-refractivity contribution in [2.45, 2.75) is 32.4 Å². The SMILES string of the molecule is CCCNC(C)c1nnc(C2COCCO2)s1. The second-order valence-electron chi connectivity index (χ2n) is 4.09. The number of aromatic nitrogens is 2. The first-order chi connectivity index (χ1) is 8.31. The van der Waals surface area contributed by atoms with Gasteiger partial charge in [0.1, 0.15) is 16.1 Å². The zero-order chi connectivity index (χ0) is 12.1. The van der Waals surface area contributed by atoms with Crippen molar-refractivity contribution in [1.82, 2.24) is 15.5 Å². The topological polar surface area (TPSA) is 56.3 Å². The first-order valence-electron chi connectivity index (χ1n) is 6.07. The Morgan fingerprint density at radius 3 is 3.06 bits per heavy atom. The molecule has 0 spiro atoms. The lowest BCUT2D eigenvalue weighted by Gasteiger charge is -2.20. The first kappa shape index (κ1) is 12.9. The van der Waals surface area contributed by atoms with Crippen LogP contribution in [0.1, 0.15) is 42.4 Å². The summed E-state index contributed by atoms with van der Waals surface area (Å²) in [5.41, 5.74) is 0. The first-order valence-corrected chi connectivity index (χ1v) is 6.89. The fraction of sp³-hybridized carbons (Fsp3) is 0.818. The maximum Gasteiger partial charge on any atom is 0.148 e. The van der Waals surface area contributed by atoms with Crippen molar-refractivity contribution in [2.75, 3.05) is 26.4 Å². The van der Waals surface area contributed by atoms with Crippen LogP contribution in [-0.2, 0) is 9.47 Å². The van der Waals surface area contributed by atoms with E-state index in [1.165, 1.54) is 0 Å². The van der Waals surface area contributed by atoms with Crippen LogP contribution in [-0.4, -0.2) is 36.6 Å². The van der Waals surface area contributed by atoms with Gasteiger partial charge in [0.2, 0.25) is 0 Å². The molecule has 0 saturated carbocycles. The van der Waals surface area contributed by atoms with Crippen molar-refractivity contribution < 1.29 is 9.47 Å². The van der Waals surface area contributed by atoms with Gasteiger partial charge in [-0.3, -0.25) is 0 Å². The molecule has 5 nitrogen and oxygen atoms in total. The smallest absolute Gasteiger partial charge is 0.148 e. The highest BCUT2D eigenvalue weighted by Crippen LogP contribution is 2.26. The fourth-order valence-electron chi connectivity index (χ4n) is 1.63. The number of hydrogen-bond acceptors (Lipinski definition) is 6. The lowest BCUT2D eigenvalue weighted by Crippen LogP contribution is -2.21. The summed E-state index contributed by atoms with van der Waals surface area (Å²) >= 11 is 1.61. The van der Waals surface area contributed by atoms with Crippen LogP contribution in [0.2, 0.25) is 0 Å². The molecule has 0 amide bonds. The van der Waals surface area contributed by atoms with Crippen molar-refractivity contribution in [3.63, 3.8) is 0 Å². The van der Waals surface area contributed by atoms with Crippen molar-refractivity contribution in [2.24, 2.45) is 0 Å². The van der Waals surface area contributed by atoms with E-state index in [1.807, 2.05) is 0 Å². The van der Waals surface area contributed by atoms with E-state index in [9.17, 15) is 0 Å². The van der Waals surface area contributed by atoms with Gasteiger partial charge in [0.25, 0.3) is 0 Å². The van der Waals surface area contributed by atoms with E-state index >= 15 is 0 Å². The molecule has 0 aromatic carbocycles. The minimum atomic E-state index is -0.0339. The molecule has 2 unspecified atom stereocenters. The Morgan fingerprint density at radius 1 is 1.47 bits per heavy atom. The normalized spacial score (nSPS) is 22.6. The molecule has 2 heterocycles. The number of nitrogens with one attached hydrogen (secondary N) is 1. The third-order valence-corrected chi connectivity index (χ3v) is 3.82. The van der Waals surface area contributed by atoms with Crippen LogP contribution in [0.5, 0.6) is 0 Å². The highest BCUT2D eigenvalue weighted by Gasteiger charge is 2.22. The number of hydrogen-bond donors (Lipinski definition) is 1. The van der Waals surface area contributed by atoms with Gasteiger partial charge < -0.3 is 14.8 Å². The molecular weight excluding hydrogens is 238 g/mol. The van der Waals surface area contributed by atoms with Gasteiger partial charge in [0, 0.05) is 0 Å². The molecule has 1 fully saturated rings. The number of ether oxygens (including phenoxy) is 2. The van der Waals surface area contributed by atoms with Crippen LogP contribution in [0, 0.1) is 0 Å². The van der Waals surface area contributed by atoms with E-state index in [1.54, 1.807) is 11.3 Å². The molecule has 2 rings (SSSR count). The van der Waals surface area contributed by atoms with Crippen molar-refractivity contribution >= 4 is 11.3 Å². The van der Waals surface area contributed by atoms with Crippen LogP contribution in [0.4, 0.5) is 0 Å². The zero-order valence-electron chi connectivity index (χ0n) is 10.3. The molecule has 1 saturated heterocycles. The van der Waals surface area contributed by atoms with Gasteiger partial charge in [-0.05, 0) is 19.9 Å². The van der Waals surface area contributed by atoms with E-state index in [0.717, 1.165) is 23.0 Å². The molecule has 1 aromatic heterocycles. The molecule has 6 heteroatoms. The third-order valence-electron chi connectivity index (χ3n) is 2.62. The summed E-state index contributed by atoms with van der Waals surface area (Å²) in [6, 6.07) is 0.255. The summed E-state index contributed by atoms with van der Waals surface area (Å²) in [5, 5.41) is 13.7. The summed E-state index contributed by atoms with van der Waals surface area (Å²) < 4.78 is 11.0. The van der Waals surface area contributed by atoms with E-state index in [4.69, 9.17) is 9.47 Å². The van der Waals surface area contributed by atoms with Gasteiger partial charge >= 0.3 is 0 Å². The zero-order valence-corrected chi connectivity index (χ0v) is 11.1. The Morgan fingerprint density at radius 2 is 2.35 bits per heavy atom. The molecule has 17 heavy (non-hydrogen) atoms. The maximum atomic E-state index is 5.60. The van der Waals surface area contributed by atoms with Crippen LogP contribution in [0.15, 0.2) is 0 Å². The van der Waals surface area contributed by atoms with E-state index in [2.05, 4.69) is 29.4 Å². The number of rotatable bonds is 5. The van der Waals surface area contributed by atoms with Gasteiger partial charge in [-0.1, -0.05) is 18.3 Å². The Kier molecular flexibility index (Phi) is 4.85. The summed E-state index contributed by atoms with van der Waals surface area (Å²) in [6.45, 7) is 7.17. The highest BCUT2D eigenvalue weighted by molar-refractivity contribution is 7.11. The van der Waals surface area contributed by atoms with Crippen LogP contribution in [0.3, 0.4) is 0 Å². The van der Waals surface area contributed by atoms with Crippen LogP contribution in [0.25, 0.3) is 0 Å². The third kappa shape index (κ3) is 3.45. The van der Waals surface area contributed by atoms with E-state index in [0.29, 0.717) is 19.8 Å². The molecule has 2 atom stereocenters.